The summed E-state index contributed by atoms with van der Waals surface area (Å²) in [5.41, 5.74) is 1.19. The summed E-state index contributed by atoms with van der Waals surface area (Å²) in [6, 6.07) is 12.8. The van der Waals surface area contributed by atoms with Gasteiger partial charge in [0.25, 0.3) is 5.91 Å². The molecule has 0 atom stereocenters. The third-order valence-electron chi connectivity index (χ3n) is 3.42. The van der Waals surface area contributed by atoms with E-state index in [0.29, 0.717) is 23.0 Å². The summed E-state index contributed by atoms with van der Waals surface area (Å²) in [4.78, 5) is 16.5. The maximum Gasteiger partial charge on any atom is 0.255 e. The Balaban J connectivity index is 1.64. The lowest BCUT2D eigenvalue weighted by atomic mass is 10.1. The predicted octanol–water partition coefficient (Wildman–Crippen LogP) is 3.03. The Morgan fingerprint density at radius 3 is 2.68 bits per heavy atom. The van der Waals surface area contributed by atoms with E-state index in [1.165, 1.54) is 12.1 Å². The molecular formula is C18H16FN3O3. The van der Waals surface area contributed by atoms with Crippen molar-refractivity contribution in [3.05, 3.63) is 77.2 Å². The second-order valence-electron chi connectivity index (χ2n) is 5.32. The molecule has 0 aliphatic carbocycles. The Kier molecular flexibility index (Phi) is 5.03. The van der Waals surface area contributed by atoms with Crippen molar-refractivity contribution in [1.82, 2.24) is 15.5 Å². The molecule has 1 amide bonds. The van der Waals surface area contributed by atoms with Crippen molar-refractivity contribution in [3.63, 3.8) is 0 Å². The highest BCUT2D eigenvalue weighted by molar-refractivity contribution is 5.96. The first kappa shape index (κ1) is 16.6. The van der Waals surface area contributed by atoms with Crippen LogP contribution in [0, 0.1) is 12.7 Å². The van der Waals surface area contributed by atoms with Gasteiger partial charge in [-0.05, 0) is 29.8 Å². The fourth-order valence-electron chi connectivity index (χ4n) is 2.20. The summed E-state index contributed by atoms with van der Waals surface area (Å²) in [6.07, 6.45) is 0. The molecule has 1 heterocycles. The molecule has 0 bridgehead atoms. The highest BCUT2D eigenvalue weighted by Crippen LogP contribution is 2.19. The first-order valence-corrected chi connectivity index (χ1v) is 7.65. The number of aromatic nitrogens is 2. The summed E-state index contributed by atoms with van der Waals surface area (Å²) >= 11 is 0. The number of aryl methyl sites for hydroxylation is 1. The number of carbonyl (C=O) groups excluding carboxylic acids is 1. The first-order chi connectivity index (χ1) is 12.1. The molecule has 0 aliphatic heterocycles. The van der Waals surface area contributed by atoms with E-state index in [-0.39, 0.29) is 24.9 Å². The number of amides is 1. The smallest absolute Gasteiger partial charge is 0.255 e. The average molecular weight is 341 g/mol. The van der Waals surface area contributed by atoms with Crippen LogP contribution in [-0.4, -0.2) is 16.0 Å². The summed E-state index contributed by atoms with van der Waals surface area (Å²) in [5.74, 6) is 0.666. The van der Waals surface area contributed by atoms with Gasteiger partial charge in [-0.1, -0.05) is 29.4 Å². The largest absolute Gasteiger partial charge is 0.485 e. The third-order valence-corrected chi connectivity index (χ3v) is 3.42. The summed E-state index contributed by atoms with van der Waals surface area (Å²) in [7, 11) is 0. The molecule has 7 heteroatoms. The highest BCUT2D eigenvalue weighted by atomic mass is 19.1. The van der Waals surface area contributed by atoms with E-state index in [2.05, 4.69) is 15.5 Å². The van der Waals surface area contributed by atoms with Crippen molar-refractivity contribution in [3.8, 4) is 5.75 Å². The summed E-state index contributed by atoms with van der Waals surface area (Å²) < 4.78 is 23.4. The molecular weight excluding hydrogens is 325 g/mol. The van der Waals surface area contributed by atoms with Gasteiger partial charge in [0.05, 0.1) is 5.56 Å². The molecule has 128 valence electrons. The lowest BCUT2D eigenvalue weighted by Crippen LogP contribution is -2.23. The zero-order valence-electron chi connectivity index (χ0n) is 13.5. The highest BCUT2D eigenvalue weighted by Gasteiger charge is 2.13. The van der Waals surface area contributed by atoms with Gasteiger partial charge in [0, 0.05) is 13.5 Å². The Hall–Kier alpha value is -3.22. The molecule has 3 aromatic rings. The Morgan fingerprint density at radius 2 is 1.96 bits per heavy atom. The molecule has 0 radical (unpaired) electrons. The van der Waals surface area contributed by atoms with Crippen LogP contribution in [0.2, 0.25) is 0 Å². The molecule has 0 spiro atoms. The minimum Gasteiger partial charge on any atom is -0.485 e. The number of halogens is 1. The van der Waals surface area contributed by atoms with Crippen LogP contribution in [0.5, 0.6) is 5.75 Å². The van der Waals surface area contributed by atoms with E-state index in [0.717, 1.165) is 5.56 Å². The van der Waals surface area contributed by atoms with Crippen molar-refractivity contribution in [1.29, 1.82) is 0 Å². The molecule has 0 fully saturated rings. The number of para-hydroxylation sites is 1. The zero-order chi connectivity index (χ0) is 17.6. The number of ether oxygens (including phenoxy) is 1. The van der Waals surface area contributed by atoms with Crippen LogP contribution in [0.15, 0.2) is 53.1 Å². The van der Waals surface area contributed by atoms with Crippen molar-refractivity contribution in [2.75, 3.05) is 0 Å². The molecule has 0 saturated heterocycles. The van der Waals surface area contributed by atoms with E-state index in [4.69, 9.17) is 9.26 Å². The van der Waals surface area contributed by atoms with E-state index in [9.17, 15) is 9.18 Å². The second-order valence-corrected chi connectivity index (χ2v) is 5.32. The quantitative estimate of drug-likeness (QED) is 0.746. The zero-order valence-corrected chi connectivity index (χ0v) is 13.5. The van der Waals surface area contributed by atoms with Crippen LogP contribution >= 0.6 is 0 Å². The normalized spacial score (nSPS) is 10.5. The van der Waals surface area contributed by atoms with Gasteiger partial charge in [-0.2, -0.15) is 4.98 Å². The molecule has 1 aromatic heterocycles. The fraction of sp³-hybridized carbons (Fsp3) is 0.167. The Bertz CT molecular complexity index is 862. The van der Waals surface area contributed by atoms with E-state index >= 15 is 0 Å². The molecule has 0 aliphatic rings. The van der Waals surface area contributed by atoms with Crippen molar-refractivity contribution < 1.29 is 18.4 Å². The monoisotopic (exact) mass is 341 g/mol. The maximum absolute atomic E-state index is 12.9. The number of nitrogens with zero attached hydrogens (tertiary/aromatic N) is 2. The van der Waals surface area contributed by atoms with Gasteiger partial charge in [-0.3, -0.25) is 4.79 Å². The molecule has 6 nitrogen and oxygen atoms in total. The minimum atomic E-state index is -0.314. The topological polar surface area (TPSA) is 77.2 Å². The Labute approximate surface area is 143 Å². The van der Waals surface area contributed by atoms with Crippen LogP contribution in [0.1, 0.15) is 27.6 Å². The molecule has 2 aromatic carbocycles. The number of rotatable bonds is 6. The first-order valence-electron chi connectivity index (χ1n) is 7.65. The average Bonchev–Trinajstić information content (AvgIpc) is 3.05. The molecule has 0 saturated carbocycles. The third kappa shape index (κ3) is 4.41. The lowest BCUT2D eigenvalue weighted by molar-refractivity contribution is 0.0946. The van der Waals surface area contributed by atoms with Gasteiger partial charge in [-0.15, -0.1) is 0 Å². The number of benzene rings is 2. The van der Waals surface area contributed by atoms with Gasteiger partial charge >= 0.3 is 0 Å². The van der Waals surface area contributed by atoms with Gasteiger partial charge in [0.2, 0.25) is 11.7 Å². The van der Waals surface area contributed by atoms with Crippen LogP contribution < -0.4 is 10.1 Å². The molecule has 25 heavy (non-hydrogen) atoms. The second kappa shape index (κ2) is 7.57. The van der Waals surface area contributed by atoms with Crippen LogP contribution in [0.4, 0.5) is 4.39 Å². The predicted molar refractivity (Wildman–Crippen MR) is 87.4 cm³/mol. The standard InChI is InChI=1S/C18H16FN3O3/c1-12-21-17(22-25-12)11-24-16-5-3-2-4-15(16)18(23)20-10-13-6-8-14(19)9-7-13/h2-9H,10-11H2,1H3,(H,20,23). The number of carbonyl (C=O) groups is 1. The summed E-state index contributed by atoms with van der Waals surface area (Å²) in [6.45, 7) is 2.07. The van der Waals surface area contributed by atoms with Crippen molar-refractivity contribution >= 4 is 5.91 Å². The molecule has 1 N–H and O–H groups in total. The van der Waals surface area contributed by atoms with Crippen molar-refractivity contribution in [2.24, 2.45) is 0 Å². The van der Waals surface area contributed by atoms with Gasteiger partial charge in [0.15, 0.2) is 6.61 Å². The van der Waals surface area contributed by atoms with Gasteiger partial charge in [0.1, 0.15) is 11.6 Å². The van der Waals surface area contributed by atoms with Crippen LogP contribution in [0.3, 0.4) is 0 Å². The van der Waals surface area contributed by atoms with E-state index in [1.54, 1.807) is 43.3 Å². The number of hydrogen-bond acceptors (Lipinski definition) is 5. The Morgan fingerprint density at radius 1 is 1.20 bits per heavy atom. The molecule has 0 unspecified atom stereocenters. The lowest BCUT2D eigenvalue weighted by Gasteiger charge is -2.10. The maximum atomic E-state index is 12.9. The summed E-state index contributed by atoms with van der Waals surface area (Å²) in [5, 5.41) is 6.53. The number of nitrogens with one attached hydrogen (secondary N) is 1. The van der Waals surface area contributed by atoms with Crippen LogP contribution in [0.25, 0.3) is 0 Å². The van der Waals surface area contributed by atoms with E-state index < -0.39 is 0 Å². The van der Waals surface area contributed by atoms with Gasteiger partial charge < -0.3 is 14.6 Å². The minimum absolute atomic E-state index is 0.0968. The van der Waals surface area contributed by atoms with Crippen LogP contribution in [-0.2, 0) is 13.2 Å². The van der Waals surface area contributed by atoms with Gasteiger partial charge in [-0.25, -0.2) is 4.39 Å². The SMILES string of the molecule is Cc1nc(COc2ccccc2C(=O)NCc2ccc(F)cc2)no1. The number of hydrogen-bond donors (Lipinski definition) is 1. The van der Waals surface area contributed by atoms with Crippen molar-refractivity contribution in [2.45, 2.75) is 20.1 Å². The molecule has 3 rings (SSSR count). The van der Waals surface area contributed by atoms with E-state index in [1.807, 2.05) is 0 Å². The fourth-order valence-corrected chi connectivity index (χ4v) is 2.20.